The zero-order chi connectivity index (χ0) is 43.1. The lowest BCUT2D eigenvalue weighted by molar-refractivity contribution is 0.575. The standard InChI is InChI=1S/C58H41N3O2S/c1-3-42(57(59)61-58(60-35-36-15-7-5-8-16-36)39-25-23-38(24-26-39)37-17-9-6-10-18-37)54-48-33-40(28-32-51(48)62-49(54)4-2)43-30-31-44(56-55(43)47-20-11-13-21-50(47)63-56)41-27-29-46-45-19-12-14-22-52(45)64-53(46)34-41/h3-34H,1,35H2,2H3,(H2,59,60,61)/b49-4+,54-42+. The van der Waals surface area contributed by atoms with Gasteiger partial charge >= 0.3 is 0 Å². The van der Waals surface area contributed by atoms with Crippen LogP contribution < -0.4 is 16.4 Å². The Morgan fingerprint density at radius 3 is 2.03 bits per heavy atom. The van der Waals surface area contributed by atoms with Crippen molar-refractivity contribution in [2.45, 2.75) is 13.5 Å². The molecule has 0 spiro atoms. The summed E-state index contributed by atoms with van der Waals surface area (Å²) < 4.78 is 15.8. The van der Waals surface area contributed by atoms with Crippen LogP contribution in [0.5, 0.6) is 0 Å². The van der Waals surface area contributed by atoms with Gasteiger partial charge < -0.3 is 14.6 Å². The number of benzene rings is 8. The summed E-state index contributed by atoms with van der Waals surface area (Å²) in [6.07, 6.45) is 3.72. The molecular formula is C58H41N3O2S. The molecule has 0 aliphatic rings. The molecule has 0 aliphatic heterocycles. The molecule has 0 bridgehead atoms. The van der Waals surface area contributed by atoms with E-state index in [1.165, 1.54) is 20.2 Å². The van der Waals surface area contributed by atoms with E-state index in [2.05, 4.69) is 134 Å². The second-order valence-electron chi connectivity index (χ2n) is 15.8. The van der Waals surface area contributed by atoms with Crippen LogP contribution in [0, 0.1) is 0 Å². The summed E-state index contributed by atoms with van der Waals surface area (Å²) in [5.41, 5.74) is 19.2. The Labute approximate surface area is 373 Å². The zero-order valence-electron chi connectivity index (χ0n) is 35.1. The molecule has 8 aromatic carbocycles. The Bertz CT molecular complexity index is 3780. The van der Waals surface area contributed by atoms with Crippen LogP contribution in [0.15, 0.2) is 213 Å². The number of furan rings is 2. The van der Waals surface area contributed by atoms with Gasteiger partial charge in [0.15, 0.2) is 5.84 Å². The molecule has 0 saturated carbocycles. The minimum atomic E-state index is 0.285. The molecule has 0 atom stereocenters. The van der Waals surface area contributed by atoms with Gasteiger partial charge in [-0.15, -0.1) is 11.3 Å². The van der Waals surface area contributed by atoms with Gasteiger partial charge in [0.1, 0.15) is 28.0 Å². The maximum absolute atomic E-state index is 7.06. The molecule has 0 radical (unpaired) electrons. The van der Waals surface area contributed by atoms with Crippen LogP contribution in [0.25, 0.3) is 98.1 Å². The fourth-order valence-electron chi connectivity index (χ4n) is 8.85. The highest BCUT2D eigenvalue weighted by atomic mass is 32.1. The van der Waals surface area contributed by atoms with E-state index >= 15 is 0 Å². The molecule has 3 heterocycles. The highest BCUT2D eigenvalue weighted by Crippen LogP contribution is 2.44. The summed E-state index contributed by atoms with van der Waals surface area (Å²) >= 11 is 1.82. The van der Waals surface area contributed by atoms with E-state index < -0.39 is 0 Å². The van der Waals surface area contributed by atoms with E-state index in [4.69, 9.17) is 24.6 Å². The Morgan fingerprint density at radius 2 is 1.23 bits per heavy atom. The van der Waals surface area contributed by atoms with Crippen molar-refractivity contribution in [2.24, 2.45) is 15.7 Å². The fourth-order valence-corrected chi connectivity index (χ4v) is 9.99. The van der Waals surface area contributed by atoms with E-state index in [0.717, 1.165) is 82.6 Å². The molecule has 11 aromatic rings. The van der Waals surface area contributed by atoms with Crippen molar-refractivity contribution in [2.75, 3.05) is 0 Å². The third kappa shape index (κ3) is 6.91. The van der Waals surface area contributed by atoms with Gasteiger partial charge in [0, 0.05) is 58.2 Å². The number of hydrogen-bond donors (Lipinski definition) is 1. The first kappa shape index (κ1) is 38.8. The summed E-state index contributed by atoms with van der Waals surface area (Å²) in [5.74, 6) is 0.810. The van der Waals surface area contributed by atoms with Gasteiger partial charge in [0.25, 0.3) is 0 Å². The van der Waals surface area contributed by atoms with Gasteiger partial charge in [-0.05, 0) is 82.8 Å². The van der Waals surface area contributed by atoms with Crippen molar-refractivity contribution in [1.29, 1.82) is 0 Å². The predicted octanol–water partition coefficient (Wildman–Crippen LogP) is 13.8. The van der Waals surface area contributed by atoms with Crippen LogP contribution in [0.4, 0.5) is 0 Å². The van der Waals surface area contributed by atoms with Crippen molar-refractivity contribution in [3.63, 3.8) is 0 Å². The number of amidine groups is 2. The Kier molecular flexibility index (Phi) is 9.91. The Balaban J connectivity index is 1.06. The SMILES string of the molecule is C=C/C(C(N)=NC(=NCc1ccccc1)c1ccc(-c2ccccc2)cc1)=c1\c(=C/C)oc2ccc(-c3ccc(-c4ccc5c(c4)sc4ccccc45)c4oc5ccccc5c34)cc12. The summed E-state index contributed by atoms with van der Waals surface area (Å²) in [5, 5.41) is 6.38. The summed E-state index contributed by atoms with van der Waals surface area (Å²) in [6, 6.07) is 63.1. The quantitative estimate of drug-likeness (QED) is 0.122. The van der Waals surface area contributed by atoms with Crippen LogP contribution in [0.2, 0.25) is 0 Å². The van der Waals surface area contributed by atoms with Crippen LogP contribution >= 0.6 is 11.3 Å². The monoisotopic (exact) mass is 843 g/mol. The van der Waals surface area contributed by atoms with Crippen molar-refractivity contribution in [3.8, 4) is 33.4 Å². The van der Waals surface area contributed by atoms with E-state index in [9.17, 15) is 0 Å². The van der Waals surface area contributed by atoms with Crippen molar-refractivity contribution in [1.82, 2.24) is 0 Å². The van der Waals surface area contributed by atoms with Crippen LogP contribution in [0.3, 0.4) is 0 Å². The number of hydrogen-bond acceptors (Lipinski definition) is 4. The van der Waals surface area contributed by atoms with Gasteiger partial charge in [-0.1, -0.05) is 158 Å². The lowest BCUT2D eigenvalue weighted by atomic mass is 9.93. The minimum absolute atomic E-state index is 0.285. The number of thiophene rings is 1. The average molecular weight is 844 g/mol. The molecule has 0 amide bonds. The third-order valence-electron chi connectivity index (χ3n) is 12.0. The topological polar surface area (TPSA) is 77.0 Å². The molecule has 3 aromatic heterocycles. The molecule has 0 unspecified atom stereocenters. The first-order chi connectivity index (χ1) is 31.5. The number of nitrogens with two attached hydrogens (primary N) is 1. The van der Waals surface area contributed by atoms with E-state index in [-0.39, 0.29) is 5.84 Å². The Morgan fingerprint density at radius 1 is 0.594 bits per heavy atom. The fraction of sp³-hybridized carbons (Fsp3) is 0.0345. The maximum atomic E-state index is 7.06. The van der Waals surface area contributed by atoms with Crippen molar-refractivity contribution >= 4 is 87.7 Å². The van der Waals surface area contributed by atoms with Gasteiger partial charge in [-0.25, -0.2) is 4.99 Å². The molecular weight excluding hydrogens is 803 g/mol. The third-order valence-corrected chi connectivity index (χ3v) is 13.1. The first-order valence-corrected chi connectivity index (χ1v) is 22.2. The van der Waals surface area contributed by atoms with E-state index in [1.807, 2.05) is 78.9 Å². The lowest BCUT2D eigenvalue weighted by Crippen LogP contribution is -2.29. The average Bonchev–Trinajstić information content (AvgIpc) is 4.05. The predicted molar refractivity (Wildman–Crippen MR) is 270 cm³/mol. The second kappa shape index (κ2) is 16.3. The molecule has 6 heteroatoms. The number of nitrogens with zero attached hydrogens (tertiary/aromatic N) is 2. The molecule has 0 saturated heterocycles. The second-order valence-corrected chi connectivity index (χ2v) is 16.9. The molecule has 0 aliphatic carbocycles. The highest BCUT2D eigenvalue weighted by molar-refractivity contribution is 7.25. The molecule has 2 N–H and O–H groups in total. The summed E-state index contributed by atoms with van der Waals surface area (Å²) in [4.78, 5) is 10.1. The molecule has 11 rings (SSSR count). The number of para-hydroxylation sites is 1. The minimum Gasteiger partial charge on any atom is -0.456 e. The van der Waals surface area contributed by atoms with Crippen LogP contribution in [0.1, 0.15) is 18.1 Å². The largest absolute Gasteiger partial charge is 0.456 e. The van der Waals surface area contributed by atoms with Crippen LogP contribution in [-0.4, -0.2) is 11.7 Å². The van der Waals surface area contributed by atoms with Gasteiger partial charge in [0.05, 0.1) is 6.54 Å². The first-order valence-electron chi connectivity index (χ1n) is 21.4. The highest BCUT2D eigenvalue weighted by Gasteiger charge is 2.20. The normalized spacial score (nSPS) is 13.2. The van der Waals surface area contributed by atoms with Crippen LogP contribution in [-0.2, 0) is 6.54 Å². The Hall–Kier alpha value is -8.06. The maximum Gasteiger partial charge on any atom is 0.157 e. The van der Waals surface area contributed by atoms with E-state index in [0.29, 0.717) is 23.4 Å². The molecule has 306 valence electrons. The zero-order valence-corrected chi connectivity index (χ0v) is 35.9. The molecule has 5 nitrogen and oxygen atoms in total. The molecule has 64 heavy (non-hydrogen) atoms. The number of rotatable bonds is 8. The summed E-state index contributed by atoms with van der Waals surface area (Å²) in [7, 11) is 0. The van der Waals surface area contributed by atoms with E-state index in [1.54, 1.807) is 6.08 Å². The van der Waals surface area contributed by atoms with Crippen molar-refractivity contribution in [3.05, 3.63) is 216 Å². The molecule has 0 fully saturated rings. The van der Waals surface area contributed by atoms with Crippen molar-refractivity contribution < 1.29 is 8.83 Å². The van der Waals surface area contributed by atoms with Gasteiger partial charge in [-0.3, -0.25) is 4.99 Å². The smallest absolute Gasteiger partial charge is 0.157 e. The number of aliphatic imine (C=N–C) groups is 2. The lowest BCUT2D eigenvalue weighted by Gasteiger charge is -2.09. The number of fused-ring (bicyclic) bond motifs is 7. The van der Waals surface area contributed by atoms with Gasteiger partial charge in [0.2, 0.25) is 0 Å². The van der Waals surface area contributed by atoms with Gasteiger partial charge in [-0.2, -0.15) is 0 Å². The summed E-state index contributed by atoms with van der Waals surface area (Å²) in [6.45, 7) is 6.66.